The number of halogens is 1. The fraction of sp³-hybridized carbons (Fsp3) is 0.125. The first kappa shape index (κ1) is 13.6. The molecule has 0 saturated heterocycles. The van der Waals surface area contributed by atoms with E-state index < -0.39 is 0 Å². The molecular formula is C16H13ClN2O2. The monoisotopic (exact) mass is 300 g/mol. The van der Waals surface area contributed by atoms with E-state index in [9.17, 15) is 0 Å². The maximum Gasteiger partial charge on any atom is 0.318 e. The van der Waals surface area contributed by atoms with E-state index in [0.29, 0.717) is 23.0 Å². The SMILES string of the molecule is COc1ccc2c(Cl)nc(OCc3ccccc3)nc2c1. The van der Waals surface area contributed by atoms with Gasteiger partial charge in [-0.15, -0.1) is 0 Å². The van der Waals surface area contributed by atoms with Gasteiger partial charge in [-0.25, -0.2) is 0 Å². The number of hydrogen-bond donors (Lipinski definition) is 0. The number of hydrogen-bond acceptors (Lipinski definition) is 4. The largest absolute Gasteiger partial charge is 0.497 e. The first-order valence-electron chi connectivity index (χ1n) is 6.44. The molecule has 0 fully saturated rings. The summed E-state index contributed by atoms with van der Waals surface area (Å²) in [6, 6.07) is 15.5. The highest BCUT2D eigenvalue weighted by Crippen LogP contribution is 2.26. The smallest absolute Gasteiger partial charge is 0.318 e. The molecule has 0 bridgehead atoms. The van der Waals surface area contributed by atoms with Crippen molar-refractivity contribution in [3.8, 4) is 11.8 Å². The number of fused-ring (bicyclic) bond motifs is 1. The maximum absolute atomic E-state index is 6.17. The summed E-state index contributed by atoms with van der Waals surface area (Å²) in [4.78, 5) is 8.53. The Morgan fingerprint density at radius 2 is 1.86 bits per heavy atom. The van der Waals surface area contributed by atoms with Crippen LogP contribution in [0.2, 0.25) is 5.15 Å². The van der Waals surface area contributed by atoms with Crippen molar-refractivity contribution >= 4 is 22.5 Å². The molecule has 0 aliphatic carbocycles. The van der Waals surface area contributed by atoms with Crippen LogP contribution in [0.4, 0.5) is 0 Å². The van der Waals surface area contributed by atoms with E-state index >= 15 is 0 Å². The molecule has 1 aromatic heterocycles. The summed E-state index contributed by atoms with van der Waals surface area (Å²) in [6.45, 7) is 0.395. The van der Waals surface area contributed by atoms with Gasteiger partial charge in [-0.1, -0.05) is 41.9 Å². The van der Waals surface area contributed by atoms with Crippen LogP contribution in [0.3, 0.4) is 0 Å². The Hall–Kier alpha value is -2.33. The minimum Gasteiger partial charge on any atom is -0.497 e. The van der Waals surface area contributed by atoms with Gasteiger partial charge in [-0.05, 0) is 17.7 Å². The Balaban J connectivity index is 1.88. The lowest BCUT2D eigenvalue weighted by Crippen LogP contribution is -2.00. The average Bonchev–Trinajstić information content (AvgIpc) is 2.53. The van der Waals surface area contributed by atoms with Gasteiger partial charge in [0, 0.05) is 11.5 Å². The lowest BCUT2D eigenvalue weighted by atomic mass is 10.2. The zero-order valence-electron chi connectivity index (χ0n) is 11.4. The molecule has 1 heterocycles. The van der Waals surface area contributed by atoms with Gasteiger partial charge in [0.1, 0.15) is 17.5 Å². The second kappa shape index (κ2) is 5.97. The van der Waals surface area contributed by atoms with Crippen LogP contribution in [-0.2, 0) is 6.61 Å². The van der Waals surface area contributed by atoms with E-state index in [2.05, 4.69) is 9.97 Å². The first-order valence-corrected chi connectivity index (χ1v) is 6.82. The quantitative estimate of drug-likeness (QED) is 0.686. The molecule has 0 aliphatic heterocycles. The molecule has 0 spiro atoms. The summed E-state index contributed by atoms with van der Waals surface area (Å²) in [6.07, 6.45) is 0. The van der Waals surface area contributed by atoms with Crippen LogP contribution < -0.4 is 9.47 Å². The molecule has 0 unspecified atom stereocenters. The molecule has 0 amide bonds. The number of benzene rings is 2. The van der Waals surface area contributed by atoms with E-state index in [1.807, 2.05) is 42.5 Å². The summed E-state index contributed by atoms with van der Waals surface area (Å²) in [5.74, 6) is 0.714. The fourth-order valence-electron chi connectivity index (χ4n) is 1.96. The summed E-state index contributed by atoms with van der Waals surface area (Å²) >= 11 is 6.17. The van der Waals surface area contributed by atoms with Crippen molar-refractivity contribution in [2.24, 2.45) is 0 Å². The van der Waals surface area contributed by atoms with Gasteiger partial charge < -0.3 is 9.47 Å². The second-order valence-corrected chi connectivity index (χ2v) is 4.81. The van der Waals surface area contributed by atoms with Gasteiger partial charge >= 0.3 is 6.01 Å². The van der Waals surface area contributed by atoms with Crippen LogP contribution in [0.15, 0.2) is 48.5 Å². The highest BCUT2D eigenvalue weighted by atomic mass is 35.5. The van der Waals surface area contributed by atoms with E-state index in [-0.39, 0.29) is 6.01 Å². The van der Waals surface area contributed by atoms with Gasteiger partial charge in [0.2, 0.25) is 0 Å². The Morgan fingerprint density at radius 1 is 1.05 bits per heavy atom. The Labute approximate surface area is 127 Å². The zero-order valence-corrected chi connectivity index (χ0v) is 12.2. The van der Waals surface area contributed by atoms with Crippen molar-refractivity contribution in [3.05, 3.63) is 59.2 Å². The average molecular weight is 301 g/mol. The lowest BCUT2D eigenvalue weighted by Gasteiger charge is -2.07. The number of rotatable bonds is 4. The molecular weight excluding hydrogens is 288 g/mol. The van der Waals surface area contributed by atoms with Gasteiger partial charge in [-0.2, -0.15) is 9.97 Å². The molecule has 2 aromatic carbocycles. The highest BCUT2D eigenvalue weighted by molar-refractivity contribution is 6.34. The van der Waals surface area contributed by atoms with Crippen LogP contribution in [0, 0.1) is 0 Å². The predicted molar refractivity (Wildman–Crippen MR) is 81.9 cm³/mol. The van der Waals surface area contributed by atoms with Crippen LogP contribution in [0.1, 0.15) is 5.56 Å². The standard InChI is InChI=1S/C16H13ClN2O2/c1-20-12-7-8-13-14(9-12)18-16(19-15(13)17)21-10-11-5-3-2-4-6-11/h2-9H,10H2,1H3. The number of aromatic nitrogens is 2. The van der Waals surface area contributed by atoms with Crippen LogP contribution in [-0.4, -0.2) is 17.1 Å². The van der Waals surface area contributed by atoms with Gasteiger partial charge in [0.05, 0.1) is 12.6 Å². The van der Waals surface area contributed by atoms with E-state index in [0.717, 1.165) is 10.9 Å². The lowest BCUT2D eigenvalue weighted by molar-refractivity contribution is 0.282. The molecule has 5 heteroatoms. The molecule has 0 saturated carbocycles. The molecule has 0 atom stereocenters. The molecule has 21 heavy (non-hydrogen) atoms. The summed E-state index contributed by atoms with van der Waals surface area (Å²) in [5.41, 5.74) is 1.74. The number of ether oxygens (including phenoxy) is 2. The molecule has 0 radical (unpaired) electrons. The third-order valence-corrected chi connectivity index (χ3v) is 3.34. The summed E-state index contributed by atoms with van der Waals surface area (Å²) in [7, 11) is 1.61. The van der Waals surface area contributed by atoms with Crippen LogP contribution in [0.5, 0.6) is 11.8 Å². The van der Waals surface area contributed by atoms with E-state index in [1.54, 1.807) is 13.2 Å². The van der Waals surface area contributed by atoms with Crippen molar-refractivity contribution in [2.45, 2.75) is 6.61 Å². The van der Waals surface area contributed by atoms with Crippen molar-refractivity contribution < 1.29 is 9.47 Å². The maximum atomic E-state index is 6.17. The zero-order chi connectivity index (χ0) is 14.7. The third-order valence-electron chi connectivity index (χ3n) is 3.05. The second-order valence-electron chi connectivity index (χ2n) is 4.45. The number of nitrogens with zero attached hydrogens (tertiary/aromatic N) is 2. The van der Waals surface area contributed by atoms with E-state index in [4.69, 9.17) is 21.1 Å². The molecule has 0 N–H and O–H groups in total. The minimum atomic E-state index is 0.254. The van der Waals surface area contributed by atoms with Crippen LogP contribution in [0.25, 0.3) is 10.9 Å². The van der Waals surface area contributed by atoms with Gasteiger partial charge in [0.15, 0.2) is 0 Å². The van der Waals surface area contributed by atoms with E-state index in [1.165, 1.54) is 0 Å². The summed E-state index contributed by atoms with van der Waals surface area (Å²) in [5, 5.41) is 1.13. The Bertz CT molecular complexity index is 763. The normalized spacial score (nSPS) is 10.6. The van der Waals surface area contributed by atoms with Crippen molar-refractivity contribution in [1.29, 1.82) is 0 Å². The minimum absolute atomic E-state index is 0.254. The van der Waals surface area contributed by atoms with Crippen molar-refractivity contribution in [3.63, 3.8) is 0 Å². The predicted octanol–water partition coefficient (Wildman–Crippen LogP) is 3.87. The first-order chi connectivity index (χ1) is 10.3. The topological polar surface area (TPSA) is 44.2 Å². The Kier molecular flexibility index (Phi) is 3.88. The summed E-state index contributed by atoms with van der Waals surface area (Å²) < 4.78 is 10.8. The Morgan fingerprint density at radius 3 is 2.62 bits per heavy atom. The van der Waals surface area contributed by atoms with Crippen molar-refractivity contribution in [2.75, 3.05) is 7.11 Å². The molecule has 3 aromatic rings. The molecule has 3 rings (SSSR count). The molecule has 0 aliphatic rings. The van der Waals surface area contributed by atoms with Gasteiger partial charge in [-0.3, -0.25) is 0 Å². The number of methoxy groups -OCH3 is 1. The van der Waals surface area contributed by atoms with Gasteiger partial charge in [0.25, 0.3) is 0 Å². The molecule has 106 valence electrons. The fourth-order valence-corrected chi connectivity index (χ4v) is 2.20. The molecule has 4 nitrogen and oxygen atoms in total. The van der Waals surface area contributed by atoms with Crippen LogP contribution >= 0.6 is 11.6 Å². The van der Waals surface area contributed by atoms with Crippen molar-refractivity contribution in [1.82, 2.24) is 9.97 Å². The third kappa shape index (κ3) is 3.06. The highest BCUT2D eigenvalue weighted by Gasteiger charge is 2.08.